The molecule has 0 saturated carbocycles. The lowest BCUT2D eigenvalue weighted by atomic mass is 9.90. The molecule has 0 bridgehead atoms. The van der Waals surface area contributed by atoms with Crippen LogP contribution in [0.3, 0.4) is 0 Å². The SMILES string of the molecule is CCC(N)C(CC(=O)O)c1cnn(-c2ccccc2)c1. The van der Waals surface area contributed by atoms with Gasteiger partial charge in [-0.3, -0.25) is 4.79 Å². The van der Waals surface area contributed by atoms with Gasteiger partial charge in [-0.2, -0.15) is 5.10 Å². The molecule has 0 aliphatic heterocycles. The van der Waals surface area contributed by atoms with Crippen molar-refractivity contribution in [1.82, 2.24) is 9.78 Å². The maximum atomic E-state index is 11.0. The highest BCUT2D eigenvalue weighted by atomic mass is 16.4. The van der Waals surface area contributed by atoms with E-state index in [9.17, 15) is 4.79 Å². The van der Waals surface area contributed by atoms with Gasteiger partial charge in [0, 0.05) is 18.2 Å². The van der Waals surface area contributed by atoms with E-state index in [1.807, 2.05) is 43.5 Å². The molecule has 5 heteroatoms. The topological polar surface area (TPSA) is 81.1 Å². The Morgan fingerprint density at radius 2 is 2.10 bits per heavy atom. The van der Waals surface area contributed by atoms with Gasteiger partial charge in [0.25, 0.3) is 0 Å². The minimum absolute atomic E-state index is 0.0233. The van der Waals surface area contributed by atoms with Gasteiger partial charge in [0.2, 0.25) is 0 Å². The smallest absolute Gasteiger partial charge is 0.304 e. The lowest BCUT2D eigenvalue weighted by molar-refractivity contribution is -0.137. The molecule has 0 spiro atoms. The zero-order valence-electron chi connectivity index (χ0n) is 11.4. The summed E-state index contributed by atoms with van der Waals surface area (Å²) in [7, 11) is 0. The molecule has 3 N–H and O–H groups in total. The third-order valence-corrected chi connectivity index (χ3v) is 3.43. The highest BCUT2D eigenvalue weighted by molar-refractivity contribution is 5.68. The molecular weight excluding hydrogens is 254 g/mol. The van der Waals surface area contributed by atoms with Crippen molar-refractivity contribution in [2.45, 2.75) is 31.7 Å². The summed E-state index contributed by atoms with van der Waals surface area (Å²) < 4.78 is 1.74. The number of para-hydroxylation sites is 1. The summed E-state index contributed by atoms with van der Waals surface area (Å²) >= 11 is 0. The molecule has 5 nitrogen and oxygen atoms in total. The summed E-state index contributed by atoms with van der Waals surface area (Å²) in [5, 5.41) is 13.3. The quantitative estimate of drug-likeness (QED) is 0.845. The largest absolute Gasteiger partial charge is 0.481 e. The molecular formula is C15H19N3O2. The number of carboxylic acid groups (broad SMARTS) is 1. The lowest BCUT2D eigenvalue weighted by Gasteiger charge is -2.19. The van der Waals surface area contributed by atoms with Crippen LogP contribution in [0.2, 0.25) is 0 Å². The highest BCUT2D eigenvalue weighted by Crippen LogP contribution is 2.24. The fourth-order valence-electron chi connectivity index (χ4n) is 2.24. The average molecular weight is 273 g/mol. The summed E-state index contributed by atoms with van der Waals surface area (Å²) in [6.07, 6.45) is 4.32. The number of hydrogen-bond acceptors (Lipinski definition) is 3. The van der Waals surface area contributed by atoms with Crippen molar-refractivity contribution in [2.24, 2.45) is 5.73 Å². The van der Waals surface area contributed by atoms with E-state index < -0.39 is 5.97 Å². The fourth-order valence-corrected chi connectivity index (χ4v) is 2.24. The highest BCUT2D eigenvalue weighted by Gasteiger charge is 2.23. The van der Waals surface area contributed by atoms with E-state index in [0.29, 0.717) is 0 Å². The second kappa shape index (κ2) is 6.34. The van der Waals surface area contributed by atoms with Crippen LogP contribution in [0.15, 0.2) is 42.7 Å². The van der Waals surface area contributed by atoms with Crippen molar-refractivity contribution in [3.63, 3.8) is 0 Å². The molecule has 2 rings (SSSR count). The van der Waals surface area contributed by atoms with E-state index in [2.05, 4.69) is 5.10 Å². The van der Waals surface area contributed by atoms with Crippen LogP contribution in [0, 0.1) is 0 Å². The number of rotatable bonds is 6. The maximum Gasteiger partial charge on any atom is 0.304 e. The Morgan fingerprint density at radius 1 is 1.40 bits per heavy atom. The normalized spacial score (nSPS) is 13.9. The first kappa shape index (κ1) is 14.3. The molecule has 1 aromatic heterocycles. The van der Waals surface area contributed by atoms with Gasteiger partial charge in [-0.1, -0.05) is 25.1 Å². The molecule has 0 aliphatic rings. The van der Waals surface area contributed by atoms with Crippen molar-refractivity contribution < 1.29 is 9.90 Å². The summed E-state index contributed by atoms with van der Waals surface area (Å²) in [5.41, 5.74) is 7.85. The second-order valence-corrected chi connectivity index (χ2v) is 4.83. The summed E-state index contributed by atoms with van der Waals surface area (Å²) in [6, 6.07) is 9.52. The number of hydrogen-bond donors (Lipinski definition) is 2. The molecule has 2 aromatic rings. The molecule has 1 heterocycles. The monoisotopic (exact) mass is 273 g/mol. The third kappa shape index (κ3) is 3.24. The van der Waals surface area contributed by atoms with E-state index in [-0.39, 0.29) is 18.4 Å². The minimum atomic E-state index is -0.841. The Balaban J connectivity index is 2.27. The number of nitrogens with two attached hydrogens (primary N) is 1. The maximum absolute atomic E-state index is 11.0. The number of carboxylic acids is 1. The Labute approximate surface area is 118 Å². The van der Waals surface area contributed by atoms with Crippen molar-refractivity contribution in [3.05, 3.63) is 48.3 Å². The van der Waals surface area contributed by atoms with Crippen LogP contribution in [0.25, 0.3) is 5.69 Å². The van der Waals surface area contributed by atoms with Gasteiger partial charge in [-0.05, 0) is 24.1 Å². The van der Waals surface area contributed by atoms with E-state index in [1.165, 1.54) is 0 Å². The Hall–Kier alpha value is -2.14. The van der Waals surface area contributed by atoms with Gasteiger partial charge < -0.3 is 10.8 Å². The molecule has 0 saturated heterocycles. The third-order valence-electron chi connectivity index (χ3n) is 3.43. The van der Waals surface area contributed by atoms with Crippen LogP contribution in [-0.2, 0) is 4.79 Å². The number of aromatic nitrogens is 2. The molecule has 106 valence electrons. The standard InChI is InChI=1S/C15H19N3O2/c1-2-14(16)13(8-15(19)20)11-9-17-18(10-11)12-6-4-3-5-7-12/h3-7,9-10,13-14H,2,8,16H2,1H3,(H,19,20). The Morgan fingerprint density at radius 3 is 2.70 bits per heavy atom. The summed E-state index contributed by atoms with van der Waals surface area (Å²) in [5.74, 6) is -1.05. The van der Waals surface area contributed by atoms with Crippen molar-refractivity contribution in [3.8, 4) is 5.69 Å². The van der Waals surface area contributed by atoms with Crippen LogP contribution < -0.4 is 5.73 Å². The predicted octanol–water partition coefficient (Wildman–Crippen LogP) is 2.17. The van der Waals surface area contributed by atoms with Crippen molar-refractivity contribution in [1.29, 1.82) is 0 Å². The lowest BCUT2D eigenvalue weighted by Crippen LogP contribution is -2.29. The van der Waals surface area contributed by atoms with Gasteiger partial charge in [-0.15, -0.1) is 0 Å². The number of benzene rings is 1. The first-order chi connectivity index (χ1) is 9.61. The summed E-state index contributed by atoms with van der Waals surface area (Å²) in [6.45, 7) is 1.96. The van der Waals surface area contributed by atoms with E-state index in [0.717, 1.165) is 17.7 Å². The summed E-state index contributed by atoms with van der Waals surface area (Å²) in [4.78, 5) is 11.0. The molecule has 2 unspecified atom stereocenters. The van der Waals surface area contributed by atoms with Crippen LogP contribution in [0.1, 0.15) is 31.2 Å². The zero-order chi connectivity index (χ0) is 14.5. The number of aliphatic carboxylic acids is 1. The predicted molar refractivity (Wildman–Crippen MR) is 76.8 cm³/mol. The molecule has 20 heavy (non-hydrogen) atoms. The van der Waals surface area contributed by atoms with Crippen LogP contribution in [-0.4, -0.2) is 26.9 Å². The van der Waals surface area contributed by atoms with Crippen LogP contribution in [0.4, 0.5) is 0 Å². The Bertz CT molecular complexity index is 566. The zero-order valence-corrected chi connectivity index (χ0v) is 11.4. The molecule has 2 atom stereocenters. The van der Waals surface area contributed by atoms with E-state index >= 15 is 0 Å². The second-order valence-electron chi connectivity index (χ2n) is 4.83. The fraction of sp³-hybridized carbons (Fsp3) is 0.333. The number of carbonyl (C=O) groups is 1. The molecule has 0 aliphatic carbocycles. The van der Waals surface area contributed by atoms with E-state index in [1.54, 1.807) is 10.9 Å². The van der Waals surface area contributed by atoms with Gasteiger partial charge in [0.1, 0.15) is 0 Å². The first-order valence-corrected chi connectivity index (χ1v) is 6.69. The molecule has 0 radical (unpaired) electrons. The van der Waals surface area contributed by atoms with Gasteiger partial charge in [0.15, 0.2) is 0 Å². The van der Waals surface area contributed by atoms with Gasteiger partial charge in [0.05, 0.1) is 18.3 Å². The average Bonchev–Trinajstić information content (AvgIpc) is 2.94. The van der Waals surface area contributed by atoms with Crippen LogP contribution >= 0.6 is 0 Å². The Kier molecular flexibility index (Phi) is 4.53. The molecule has 1 aromatic carbocycles. The van der Waals surface area contributed by atoms with E-state index in [4.69, 9.17) is 10.8 Å². The van der Waals surface area contributed by atoms with Gasteiger partial charge in [-0.25, -0.2) is 4.68 Å². The first-order valence-electron chi connectivity index (χ1n) is 6.69. The molecule has 0 fully saturated rings. The van der Waals surface area contributed by atoms with Crippen LogP contribution in [0.5, 0.6) is 0 Å². The minimum Gasteiger partial charge on any atom is -0.481 e. The number of nitrogens with zero attached hydrogens (tertiary/aromatic N) is 2. The van der Waals surface area contributed by atoms with Crippen molar-refractivity contribution >= 4 is 5.97 Å². The van der Waals surface area contributed by atoms with Crippen molar-refractivity contribution in [2.75, 3.05) is 0 Å². The molecule has 0 amide bonds. The van der Waals surface area contributed by atoms with Gasteiger partial charge >= 0.3 is 5.97 Å².